The van der Waals surface area contributed by atoms with Crippen LogP contribution in [-0.4, -0.2) is 36.2 Å². The molecule has 2 N–H and O–H groups in total. The Morgan fingerprint density at radius 3 is 2.19 bits per heavy atom. The molecule has 16 heavy (non-hydrogen) atoms. The first-order valence-electron chi connectivity index (χ1n) is 5.53. The van der Waals surface area contributed by atoms with Crippen LogP contribution in [0.3, 0.4) is 0 Å². The number of hydrogen-bond donors (Lipinski definition) is 2. The van der Waals surface area contributed by atoms with Gasteiger partial charge in [-0.2, -0.15) is 0 Å². The predicted octanol–water partition coefficient (Wildman–Crippen LogP) is 1.03. The third-order valence-electron chi connectivity index (χ3n) is 2.72. The lowest BCUT2D eigenvalue weighted by Gasteiger charge is -2.22. The zero-order chi connectivity index (χ0) is 12.7. The molecule has 5 heteroatoms. The van der Waals surface area contributed by atoms with Crippen molar-refractivity contribution in [3.8, 4) is 0 Å². The van der Waals surface area contributed by atoms with Crippen molar-refractivity contribution in [3.05, 3.63) is 0 Å². The second-order valence-electron chi connectivity index (χ2n) is 3.84. The van der Waals surface area contributed by atoms with E-state index in [4.69, 9.17) is 9.84 Å². The van der Waals surface area contributed by atoms with Gasteiger partial charge in [-0.15, -0.1) is 0 Å². The van der Waals surface area contributed by atoms with Gasteiger partial charge in [0.2, 0.25) is 5.91 Å². The lowest BCUT2D eigenvalue weighted by atomic mass is 9.99. The summed E-state index contributed by atoms with van der Waals surface area (Å²) >= 11 is 0. The standard InChI is InChI=1S/C11H21NO4/c1-5-7(3)9(11(14)15)12-10(13)8(6-2)16-4/h7-9H,5-6H2,1-4H3,(H,12,13)(H,14,15)/t7-,8?,9-/m0/s1. The van der Waals surface area contributed by atoms with Crippen LogP contribution >= 0.6 is 0 Å². The third-order valence-corrected chi connectivity index (χ3v) is 2.72. The maximum Gasteiger partial charge on any atom is 0.326 e. The monoisotopic (exact) mass is 231 g/mol. The van der Waals surface area contributed by atoms with E-state index < -0.39 is 18.1 Å². The lowest BCUT2D eigenvalue weighted by Crippen LogP contribution is -2.48. The van der Waals surface area contributed by atoms with Crippen LogP contribution in [0.25, 0.3) is 0 Å². The number of methoxy groups -OCH3 is 1. The number of rotatable bonds is 7. The van der Waals surface area contributed by atoms with Gasteiger partial charge in [-0.05, 0) is 12.3 Å². The molecule has 3 atom stereocenters. The van der Waals surface area contributed by atoms with Crippen molar-refractivity contribution in [1.82, 2.24) is 5.32 Å². The van der Waals surface area contributed by atoms with Gasteiger partial charge in [-0.1, -0.05) is 27.2 Å². The molecule has 1 amide bonds. The second kappa shape index (κ2) is 7.22. The fraction of sp³-hybridized carbons (Fsp3) is 0.818. The molecule has 0 radical (unpaired) electrons. The van der Waals surface area contributed by atoms with Crippen molar-refractivity contribution in [2.45, 2.75) is 45.8 Å². The first-order valence-corrected chi connectivity index (χ1v) is 5.53. The van der Waals surface area contributed by atoms with E-state index >= 15 is 0 Å². The van der Waals surface area contributed by atoms with Gasteiger partial charge in [0, 0.05) is 7.11 Å². The average Bonchev–Trinajstić information content (AvgIpc) is 2.26. The Bertz CT molecular complexity index is 238. The highest BCUT2D eigenvalue weighted by atomic mass is 16.5. The number of hydrogen-bond acceptors (Lipinski definition) is 3. The van der Waals surface area contributed by atoms with Crippen LogP contribution in [-0.2, 0) is 14.3 Å². The molecule has 0 saturated heterocycles. The zero-order valence-electron chi connectivity index (χ0n) is 10.3. The Morgan fingerprint density at radius 2 is 1.88 bits per heavy atom. The maximum absolute atomic E-state index is 11.6. The fourth-order valence-electron chi connectivity index (χ4n) is 1.39. The first kappa shape index (κ1) is 14.9. The number of carboxylic acid groups (broad SMARTS) is 1. The van der Waals surface area contributed by atoms with Gasteiger partial charge in [0.15, 0.2) is 0 Å². The molecule has 5 nitrogen and oxygen atoms in total. The first-order chi connectivity index (χ1) is 7.47. The Labute approximate surface area is 96.2 Å². The quantitative estimate of drug-likeness (QED) is 0.686. The molecule has 0 aliphatic rings. The van der Waals surface area contributed by atoms with Crippen molar-refractivity contribution in [1.29, 1.82) is 0 Å². The molecule has 0 aliphatic carbocycles. The smallest absolute Gasteiger partial charge is 0.326 e. The number of carbonyl (C=O) groups excluding carboxylic acids is 1. The van der Waals surface area contributed by atoms with E-state index in [2.05, 4.69) is 5.32 Å². The Balaban J connectivity index is 4.51. The number of carboxylic acids is 1. The second-order valence-corrected chi connectivity index (χ2v) is 3.84. The van der Waals surface area contributed by atoms with Gasteiger partial charge >= 0.3 is 5.97 Å². The Morgan fingerprint density at radius 1 is 1.31 bits per heavy atom. The highest BCUT2D eigenvalue weighted by molar-refractivity contribution is 5.86. The highest BCUT2D eigenvalue weighted by Gasteiger charge is 2.27. The largest absolute Gasteiger partial charge is 0.480 e. The molecule has 0 spiro atoms. The minimum absolute atomic E-state index is 0.101. The number of nitrogens with one attached hydrogen (secondary N) is 1. The molecule has 94 valence electrons. The van der Waals surface area contributed by atoms with Crippen LogP contribution in [0.1, 0.15) is 33.6 Å². The maximum atomic E-state index is 11.6. The van der Waals surface area contributed by atoms with Crippen LogP contribution in [0, 0.1) is 5.92 Å². The van der Waals surface area contributed by atoms with Crippen LogP contribution in [0.15, 0.2) is 0 Å². The normalized spacial score (nSPS) is 16.2. The van der Waals surface area contributed by atoms with Gasteiger partial charge in [0.25, 0.3) is 0 Å². The molecular formula is C11H21NO4. The van der Waals surface area contributed by atoms with E-state index in [9.17, 15) is 9.59 Å². The molecule has 0 bridgehead atoms. The Hall–Kier alpha value is -1.10. The van der Waals surface area contributed by atoms with Crippen LogP contribution in [0.4, 0.5) is 0 Å². The SMILES string of the molecule is CCC(OC)C(=O)N[C@H](C(=O)O)[C@@H](C)CC. The molecule has 0 aromatic rings. The minimum atomic E-state index is -1.01. The molecule has 0 fully saturated rings. The topological polar surface area (TPSA) is 75.6 Å². The number of amides is 1. The van der Waals surface area contributed by atoms with Gasteiger partial charge in [0.1, 0.15) is 12.1 Å². The van der Waals surface area contributed by atoms with Crippen LogP contribution in [0.2, 0.25) is 0 Å². The van der Waals surface area contributed by atoms with E-state index in [0.29, 0.717) is 12.8 Å². The summed E-state index contributed by atoms with van der Waals surface area (Å²) in [6.07, 6.45) is 0.641. The van der Waals surface area contributed by atoms with Gasteiger partial charge in [-0.25, -0.2) is 4.79 Å². The summed E-state index contributed by atoms with van der Waals surface area (Å²) in [6.45, 7) is 5.50. The molecule has 0 aromatic carbocycles. The van der Waals surface area contributed by atoms with Gasteiger partial charge in [0.05, 0.1) is 0 Å². The summed E-state index contributed by atoms with van der Waals surface area (Å²) in [5.41, 5.74) is 0. The van der Waals surface area contributed by atoms with Crippen molar-refractivity contribution in [3.63, 3.8) is 0 Å². The van der Waals surface area contributed by atoms with Crippen LogP contribution < -0.4 is 5.32 Å². The number of ether oxygens (including phenoxy) is 1. The van der Waals surface area contributed by atoms with Gasteiger partial charge in [-0.3, -0.25) is 4.79 Å². The van der Waals surface area contributed by atoms with E-state index in [1.807, 2.05) is 13.8 Å². The average molecular weight is 231 g/mol. The fourth-order valence-corrected chi connectivity index (χ4v) is 1.39. The number of carbonyl (C=O) groups is 2. The summed E-state index contributed by atoms with van der Waals surface area (Å²) < 4.78 is 4.95. The summed E-state index contributed by atoms with van der Waals surface area (Å²) in [7, 11) is 1.44. The van der Waals surface area contributed by atoms with E-state index in [-0.39, 0.29) is 11.8 Å². The molecule has 0 aliphatic heterocycles. The number of aliphatic carboxylic acids is 1. The molecule has 0 rings (SSSR count). The van der Waals surface area contributed by atoms with Crippen molar-refractivity contribution < 1.29 is 19.4 Å². The summed E-state index contributed by atoms with van der Waals surface area (Å²) in [4.78, 5) is 22.6. The summed E-state index contributed by atoms with van der Waals surface area (Å²) in [5, 5.41) is 11.5. The molecular weight excluding hydrogens is 210 g/mol. The summed E-state index contributed by atoms with van der Waals surface area (Å²) in [5.74, 6) is -1.47. The van der Waals surface area contributed by atoms with E-state index in [0.717, 1.165) is 0 Å². The van der Waals surface area contributed by atoms with E-state index in [1.165, 1.54) is 7.11 Å². The lowest BCUT2D eigenvalue weighted by molar-refractivity contribution is -0.145. The van der Waals surface area contributed by atoms with Gasteiger partial charge < -0.3 is 15.2 Å². The van der Waals surface area contributed by atoms with Crippen LogP contribution in [0.5, 0.6) is 0 Å². The van der Waals surface area contributed by atoms with Crippen molar-refractivity contribution >= 4 is 11.9 Å². The zero-order valence-corrected chi connectivity index (χ0v) is 10.3. The Kier molecular flexibility index (Phi) is 6.72. The molecule has 1 unspecified atom stereocenters. The minimum Gasteiger partial charge on any atom is -0.480 e. The van der Waals surface area contributed by atoms with Crippen molar-refractivity contribution in [2.75, 3.05) is 7.11 Å². The summed E-state index contributed by atoms with van der Waals surface area (Å²) in [6, 6.07) is -0.846. The highest BCUT2D eigenvalue weighted by Crippen LogP contribution is 2.09. The third kappa shape index (κ3) is 4.18. The predicted molar refractivity (Wildman–Crippen MR) is 60.1 cm³/mol. The molecule has 0 heterocycles. The van der Waals surface area contributed by atoms with E-state index in [1.54, 1.807) is 6.92 Å². The molecule has 0 aromatic heterocycles. The molecule has 0 saturated carbocycles. The van der Waals surface area contributed by atoms with Crippen molar-refractivity contribution in [2.24, 2.45) is 5.92 Å².